The van der Waals surface area contributed by atoms with E-state index in [2.05, 4.69) is 38.2 Å². The first-order valence-corrected chi connectivity index (χ1v) is 9.77. The van der Waals surface area contributed by atoms with Crippen molar-refractivity contribution in [1.82, 2.24) is 10.2 Å². The van der Waals surface area contributed by atoms with Crippen LogP contribution in [0.5, 0.6) is 0 Å². The number of carbonyl (C=O) groups is 1. The molecule has 1 aromatic carbocycles. The Morgan fingerprint density at radius 1 is 1.13 bits per heavy atom. The minimum absolute atomic E-state index is 0.0507. The van der Waals surface area contributed by atoms with Crippen molar-refractivity contribution in [2.75, 3.05) is 24.6 Å². The number of urea groups is 1. The monoisotopic (exact) mass is 338 g/mol. The summed E-state index contributed by atoms with van der Waals surface area (Å²) in [4.78, 5) is 13.8. The molecular formula is C17H26N2O3S. The van der Waals surface area contributed by atoms with Crippen LogP contribution in [0.2, 0.25) is 0 Å². The number of amides is 2. The minimum Gasteiger partial charge on any atom is -0.331 e. The van der Waals surface area contributed by atoms with Crippen LogP contribution in [-0.4, -0.2) is 43.9 Å². The van der Waals surface area contributed by atoms with Gasteiger partial charge in [0.15, 0.2) is 9.84 Å². The van der Waals surface area contributed by atoms with Crippen LogP contribution in [0.15, 0.2) is 24.3 Å². The van der Waals surface area contributed by atoms with Gasteiger partial charge in [-0.1, -0.05) is 45.0 Å². The summed E-state index contributed by atoms with van der Waals surface area (Å²) in [5.41, 5.74) is 2.39. The standard InChI is InChI=1S/C17H26N2O3S/c1-13(14-5-7-15(8-6-14)17(2,3)4)18-16(20)19-9-11-23(21,22)12-10-19/h5-8,13H,9-12H2,1-4H3,(H,18,20)/t13-/m0/s1. The summed E-state index contributed by atoms with van der Waals surface area (Å²) in [7, 11) is -2.97. The average molecular weight is 338 g/mol. The number of carbonyl (C=O) groups excluding carboxylic acids is 1. The van der Waals surface area contributed by atoms with Gasteiger partial charge in [0.1, 0.15) is 0 Å². The van der Waals surface area contributed by atoms with Crippen LogP contribution in [0.4, 0.5) is 4.79 Å². The first-order valence-electron chi connectivity index (χ1n) is 7.95. The second-order valence-corrected chi connectivity index (χ2v) is 9.49. The number of nitrogens with one attached hydrogen (secondary N) is 1. The van der Waals surface area contributed by atoms with Crippen molar-refractivity contribution in [2.45, 2.75) is 39.2 Å². The molecule has 1 aromatic rings. The molecule has 5 nitrogen and oxygen atoms in total. The molecule has 2 amide bonds. The fourth-order valence-electron chi connectivity index (χ4n) is 2.55. The Labute approximate surface area is 139 Å². The van der Waals surface area contributed by atoms with Gasteiger partial charge >= 0.3 is 6.03 Å². The lowest BCUT2D eigenvalue weighted by molar-refractivity contribution is 0.199. The maximum absolute atomic E-state index is 12.2. The maximum atomic E-state index is 12.2. The van der Waals surface area contributed by atoms with Crippen LogP contribution in [0.25, 0.3) is 0 Å². The zero-order chi connectivity index (χ0) is 17.3. The highest BCUT2D eigenvalue weighted by Crippen LogP contribution is 2.24. The van der Waals surface area contributed by atoms with Gasteiger partial charge in [0.2, 0.25) is 0 Å². The highest BCUT2D eigenvalue weighted by Gasteiger charge is 2.25. The van der Waals surface area contributed by atoms with Crippen molar-refractivity contribution in [3.63, 3.8) is 0 Å². The number of sulfone groups is 1. The molecule has 6 heteroatoms. The second-order valence-electron chi connectivity index (χ2n) is 7.18. The van der Waals surface area contributed by atoms with E-state index in [1.807, 2.05) is 19.1 Å². The van der Waals surface area contributed by atoms with E-state index in [4.69, 9.17) is 0 Å². The van der Waals surface area contributed by atoms with Gasteiger partial charge in [0.25, 0.3) is 0 Å². The normalized spacial score (nSPS) is 19.2. The van der Waals surface area contributed by atoms with E-state index in [1.165, 1.54) is 5.56 Å². The van der Waals surface area contributed by atoms with Gasteiger partial charge in [0, 0.05) is 13.1 Å². The third-order valence-electron chi connectivity index (χ3n) is 4.25. The molecule has 0 saturated carbocycles. The summed E-state index contributed by atoms with van der Waals surface area (Å²) in [5, 5.41) is 2.94. The molecule has 0 unspecified atom stereocenters. The largest absolute Gasteiger partial charge is 0.331 e. The van der Waals surface area contributed by atoms with Gasteiger partial charge in [-0.25, -0.2) is 13.2 Å². The molecule has 128 valence electrons. The topological polar surface area (TPSA) is 66.5 Å². The Morgan fingerprint density at radius 2 is 1.65 bits per heavy atom. The summed E-state index contributed by atoms with van der Waals surface area (Å²) in [5.74, 6) is 0.101. The average Bonchev–Trinajstić information content (AvgIpc) is 2.46. The van der Waals surface area contributed by atoms with E-state index >= 15 is 0 Å². The molecular weight excluding hydrogens is 312 g/mol. The smallest absolute Gasteiger partial charge is 0.317 e. The van der Waals surface area contributed by atoms with Gasteiger partial charge in [-0.3, -0.25) is 0 Å². The summed E-state index contributed by atoms with van der Waals surface area (Å²) < 4.78 is 22.8. The zero-order valence-corrected chi connectivity index (χ0v) is 15.1. The molecule has 1 aliphatic rings. The molecule has 0 aromatic heterocycles. The van der Waals surface area contributed by atoms with Crippen LogP contribution in [-0.2, 0) is 15.3 Å². The lowest BCUT2D eigenvalue weighted by atomic mass is 9.86. The van der Waals surface area contributed by atoms with Crippen molar-refractivity contribution in [1.29, 1.82) is 0 Å². The fourth-order valence-corrected chi connectivity index (χ4v) is 3.75. The molecule has 1 heterocycles. The number of hydrogen-bond acceptors (Lipinski definition) is 3. The van der Waals surface area contributed by atoms with Crippen LogP contribution in [0, 0.1) is 0 Å². The highest BCUT2D eigenvalue weighted by atomic mass is 32.2. The van der Waals surface area contributed by atoms with E-state index < -0.39 is 9.84 Å². The van der Waals surface area contributed by atoms with Crippen LogP contribution >= 0.6 is 0 Å². The van der Waals surface area contributed by atoms with Gasteiger partial charge in [-0.15, -0.1) is 0 Å². The lowest BCUT2D eigenvalue weighted by Gasteiger charge is -2.28. The molecule has 23 heavy (non-hydrogen) atoms. The molecule has 1 aliphatic heterocycles. The number of hydrogen-bond donors (Lipinski definition) is 1. The third kappa shape index (κ3) is 4.70. The molecule has 1 saturated heterocycles. The molecule has 0 aliphatic carbocycles. The van der Waals surface area contributed by atoms with Gasteiger partial charge in [-0.05, 0) is 23.5 Å². The van der Waals surface area contributed by atoms with Crippen molar-refractivity contribution in [2.24, 2.45) is 0 Å². The fraction of sp³-hybridized carbons (Fsp3) is 0.588. The SMILES string of the molecule is C[C@H](NC(=O)N1CCS(=O)(=O)CC1)c1ccc(C(C)(C)C)cc1. The summed E-state index contributed by atoms with van der Waals surface area (Å²) >= 11 is 0. The zero-order valence-electron chi connectivity index (χ0n) is 14.3. The van der Waals surface area contributed by atoms with E-state index in [0.717, 1.165) is 5.56 Å². The third-order valence-corrected chi connectivity index (χ3v) is 5.86. The Kier molecular flexibility index (Phi) is 5.04. The molecule has 1 N–H and O–H groups in total. The quantitative estimate of drug-likeness (QED) is 0.901. The first-order chi connectivity index (χ1) is 10.6. The van der Waals surface area contributed by atoms with E-state index in [0.29, 0.717) is 0 Å². The second kappa shape index (κ2) is 6.51. The van der Waals surface area contributed by atoms with E-state index in [1.54, 1.807) is 4.90 Å². The van der Waals surface area contributed by atoms with Gasteiger partial charge in [-0.2, -0.15) is 0 Å². The van der Waals surface area contributed by atoms with Gasteiger partial charge in [0.05, 0.1) is 17.5 Å². The number of benzene rings is 1. The number of nitrogens with zero attached hydrogens (tertiary/aromatic N) is 1. The minimum atomic E-state index is -2.97. The van der Waals surface area contributed by atoms with Crippen molar-refractivity contribution in [3.05, 3.63) is 35.4 Å². The first kappa shape index (κ1) is 17.8. The van der Waals surface area contributed by atoms with Crippen LogP contribution < -0.4 is 5.32 Å². The molecule has 1 atom stereocenters. The van der Waals surface area contributed by atoms with E-state index in [-0.39, 0.29) is 42.1 Å². The highest BCUT2D eigenvalue weighted by molar-refractivity contribution is 7.91. The molecule has 1 fully saturated rings. The maximum Gasteiger partial charge on any atom is 0.317 e. The molecule has 0 radical (unpaired) electrons. The predicted octanol–water partition coefficient (Wildman–Crippen LogP) is 2.49. The molecule has 0 spiro atoms. The summed E-state index contributed by atoms with van der Waals surface area (Å²) in [6, 6.07) is 7.93. The Bertz CT molecular complexity index is 646. The van der Waals surface area contributed by atoms with Crippen LogP contribution in [0.1, 0.15) is 44.9 Å². The molecule has 0 bridgehead atoms. The van der Waals surface area contributed by atoms with Crippen LogP contribution in [0.3, 0.4) is 0 Å². The van der Waals surface area contributed by atoms with E-state index in [9.17, 15) is 13.2 Å². The van der Waals surface area contributed by atoms with Crippen molar-refractivity contribution in [3.8, 4) is 0 Å². The summed E-state index contributed by atoms with van der Waals surface area (Å²) in [6.45, 7) is 8.96. The Morgan fingerprint density at radius 3 is 2.13 bits per heavy atom. The van der Waals surface area contributed by atoms with Gasteiger partial charge < -0.3 is 10.2 Å². The summed E-state index contributed by atoms with van der Waals surface area (Å²) in [6.07, 6.45) is 0. The number of rotatable bonds is 2. The Balaban J connectivity index is 1.96. The Hall–Kier alpha value is -1.56. The van der Waals surface area contributed by atoms with Crippen molar-refractivity contribution >= 4 is 15.9 Å². The molecule has 2 rings (SSSR count). The predicted molar refractivity (Wildman–Crippen MR) is 92.3 cm³/mol. The van der Waals surface area contributed by atoms with Crippen molar-refractivity contribution < 1.29 is 13.2 Å². The lowest BCUT2D eigenvalue weighted by Crippen LogP contribution is -2.48.